The largest absolute Gasteiger partial charge is 0.497 e. The van der Waals surface area contributed by atoms with Crippen molar-refractivity contribution in [1.29, 1.82) is 0 Å². The van der Waals surface area contributed by atoms with Crippen LogP contribution in [-0.2, 0) is 12.5 Å². The summed E-state index contributed by atoms with van der Waals surface area (Å²) in [6.45, 7) is 0.377. The molecule has 2 aromatic carbocycles. The molecule has 0 amide bonds. The van der Waals surface area contributed by atoms with Crippen molar-refractivity contribution >= 4 is 34.8 Å². The van der Waals surface area contributed by atoms with E-state index < -0.39 is 0 Å². The van der Waals surface area contributed by atoms with Crippen LogP contribution in [0.2, 0.25) is 10.0 Å². The van der Waals surface area contributed by atoms with E-state index in [1.807, 2.05) is 24.3 Å². The molecule has 0 N–H and O–H groups in total. The van der Waals surface area contributed by atoms with Crippen molar-refractivity contribution in [2.45, 2.75) is 12.5 Å². The Hall–Kier alpha value is -1.09. The molecule has 106 valence electrons. The summed E-state index contributed by atoms with van der Waals surface area (Å²) in [4.78, 5) is 0. The first-order valence-electron chi connectivity index (χ1n) is 5.93. The van der Waals surface area contributed by atoms with Crippen LogP contribution in [0.3, 0.4) is 0 Å². The lowest BCUT2D eigenvalue weighted by Crippen LogP contribution is -1.99. The van der Waals surface area contributed by atoms with Crippen LogP contribution in [0.1, 0.15) is 11.1 Å². The Morgan fingerprint density at radius 1 is 1.10 bits per heavy atom. The minimum atomic E-state index is 0.285. The standard InChI is InChI=1S/C15H13Cl3O2/c1-19-13-4-2-3-10(5-13)9-20-15-11(8-16)6-12(17)7-14(15)18/h2-7H,8-9H2,1H3. The van der Waals surface area contributed by atoms with Crippen LogP contribution in [0, 0.1) is 0 Å². The molecule has 0 unspecified atom stereocenters. The molecule has 0 aliphatic rings. The number of hydrogen-bond donors (Lipinski definition) is 0. The zero-order valence-electron chi connectivity index (χ0n) is 10.8. The van der Waals surface area contributed by atoms with Gasteiger partial charge in [0.2, 0.25) is 0 Å². The van der Waals surface area contributed by atoms with Crippen molar-refractivity contribution in [1.82, 2.24) is 0 Å². The summed E-state index contributed by atoms with van der Waals surface area (Å²) >= 11 is 18.0. The molecule has 0 radical (unpaired) electrons. The first-order chi connectivity index (χ1) is 9.63. The van der Waals surface area contributed by atoms with Gasteiger partial charge in [-0.15, -0.1) is 11.6 Å². The molecule has 2 nitrogen and oxygen atoms in total. The van der Waals surface area contributed by atoms with E-state index in [9.17, 15) is 0 Å². The molecular weight excluding hydrogens is 319 g/mol. The molecule has 2 rings (SSSR count). The third-order valence-corrected chi connectivity index (χ3v) is 3.53. The van der Waals surface area contributed by atoms with E-state index >= 15 is 0 Å². The number of alkyl halides is 1. The molecular formula is C15H13Cl3O2. The quantitative estimate of drug-likeness (QED) is 0.690. The number of ether oxygens (including phenoxy) is 2. The van der Waals surface area contributed by atoms with Crippen molar-refractivity contribution in [3.63, 3.8) is 0 Å². The van der Waals surface area contributed by atoms with E-state index in [4.69, 9.17) is 44.3 Å². The van der Waals surface area contributed by atoms with Crippen molar-refractivity contribution < 1.29 is 9.47 Å². The second kappa shape index (κ2) is 7.07. The van der Waals surface area contributed by atoms with Gasteiger partial charge in [-0.3, -0.25) is 0 Å². The van der Waals surface area contributed by atoms with Crippen LogP contribution in [0.5, 0.6) is 11.5 Å². The van der Waals surface area contributed by atoms with E-state index in [0.29, 0.717) is 22.4 Å². The van der Waals surface area contributed by atoms with Crippen LogP contribution in [0.15, 0.2) is 36.4 Å². The van der Waals surface area contributed by atoms with Gasteiger partial charge in [0.25, 0.3) is 0 Å². The molecule has 0 heterocycles. The summed E-state index contributed by atoms with van der Waals surface area (Å²) in [7, 11) is 1.63. The third-order valence-electron chi connectivity index (χ3n) is 2.75. The van der Waals surface area contributed by atoms with Gasteiger partial charge < -0.3 is 9.47 Å². The number of methoxy groups -OCH3 is 1. The SMILES string of the molecule is COc1cccc(COc2c(Cl)cc(Cl)cc2CCl)c1. The first-order valence-corrected chi connectivity index (χ1v) is 7.22. The van der Waals surface area contributed by atoms with E-state index in [0.717, 1.165) is 16.9 Å². The summed E-state index contributed by atoms with van der Waals surface area (Å²) in [6, 6.07) is 11.0. The van der Waals surface area contributed by atoms with Crippen molar-refractivity contribution in [2.24, 2.45) is 0 Å². The maximum atomic E-state index is 6.15. The lowest BCUT2D eigenvalue weighted by atomic mass is 10.2. The molecule has 0 saturated heterocycles. The Balaban J connectivity index is 2.18. The molecule has 0 aliphatic carbocycles. The molecule has 20 heavy (non-hydrogen) atoms. The Bertz CT molecular complexity index is 600. The minimum absolute atomic E-state index is 0.285. The van der Waals surface area contributed by atoms with E-state index in [-0.39, 0.29) is 5.88 Å². The smallest absolute Gasteiger partial charge is 0.142 e. The average molecular weight is 332 g/mol. The van der Waals surface area contributed by atoms with Crippen LogP contribution in [0.25, 0.3) is 0 Å². The highest BCUT2D eigenvalue weighted by Gasteiger charge is 2.10. The lowest BCUT2D eigenvalue weighted by Gasteiger charge is -2.13. The fourth-order valence-electron chi connectivity index (χ4n) is 1.79. The highest BCUT2D eigenvalue weighted by Crippen LogP contribution is 2.34. The average Bonchev–Trinajstić information content (AvgIpc) is 2.45. The van der Waals surface area contributed by atoms with Crippen LogP contribution in [-0.4, -0.2) is 7.11 Å². The van der Waals surface area contributed by atoms with Gasteiger partial charge in [-0.05, 0) is 29.8 Å². The number of hydrogen-bond acceptors (Lipinski definition) is 2. The Morgan fingerprint density at radius 3 is 2.60 bits per heavy atom. The Labute approximate surface area is 133 Å². The van der Waals surface area contributed by atoms with Crippen molar-refractivity contribution in [3.8, 4) is 11.5 Å². The first kappa shape index (κ1) is 15.3. The molecule has 2 aromatic rings. The molecule has 0 fully saturated rings. The van der Waals surface area contributed by atoms with Gasteiger partial charge in [0.1, 0.15) is 18.1 Å². The molecule has 0 aliphatic heterocycles. The Kier molecular flexibility index (Phi) is 5.41. The molecule has 5 heteroatoms. The summed E-state index contributed by atoms with van der Waals surface area (Å²) in [6.07, 6.45) is 0. The second-order valence-corrected chi connectivity index (χ2v) is 5.26. The van der Waals surface area contributed by atoms with Gasteiger partial charge in [0.15, 0.2) is 0 Å². The zero-order chi connectivity index (χ0) is 14.5. The third kappa shape index (κ3) is 3.72. The van der Waals surface area contributed by atoms with Gasteiger partial charge in [-0.2, -0.15) is 0 Å². The maximum absolute atomic E-state index is 6.15. The molecule has 0 spiro atoms. The number of halogens is 3. The summed E-state index contributed by atoms with van der Waals surface area (Å²) < 4.78 is 10.9. The Morgan fingerprint density at radius 2 is 1.90 bits per heavy atom. The van der Waals surface area contributed by atoms with Crippen molar-refractivity contribution in [2.75, 3.05) is 7.11 Å². The topological polar surface area (TPSA) is 18.5 Å². The van der Waals surface area contributed by atoms with Gasteiger partial charge in [0, 0.05) is 10.6 Å². The summed E-state index contributed by atoms with van der Waals surface area (Å²) in [5.41, 5.74) is 1.75. The number of benzene rings is 2. The van der Waals surface area contributed by atoms with Gasteiger partial charge in [-0.1, -0.05) is 35.3 Å². The van der Waals surface area contributed by atoms with E-state index in [2.05, 4.69) is 0 Å². The minimum Gasteiger partial charge on any atom is -0.497 e. The number of rotatable bonds is 5. The highest BCUT2D eigenvalue weighted by molar-refractivity contribution is 6.36. The summed E-state index contributed by atoms with van der Waals surface area (Å²) in [5.74, 6) is 1.63. The molecule has 0 bridgehead atoms. The fourth-order valence-corrected chi connectivity index (χ4v) is 2.58. The van der Waals surface area contributed by atoms with Gasteiger partial charge >= 0.3 is 0 Å². The molecule has 0 saturated carbocycles. The predicted molar refractivity (Wildman–Crippen MR) is 83.3 cm³/mol. The van der Waals surface area contributed by atoms with E-state index in [1.165, 1.54) is 0 Å². The fraction of sp³-hybridized carbons (Fsp3) is 0.200. The molecule has 0 aromatic heterocycles. The van der Waals surface area contributed by atoms with Gasteiger partial charge in [0.05, 0.1) is 18.0 Å². The zero-order valence-corrected chi connectivity index (χ0v) is 13.1. The highest BCUT2D eigenvalue weighted by atomic mass is 35.5. The monoisotopic (exact) mass is 330 g/mol. The van der Waals surface area contributed by atoms with Gasteiger partial charge in [-0.25, -0.2) is 0 Å². The molecule has 0 atom stereocenters. The lowest BCUT2D eigenvalue weighted by molar-refractivity contribution is 0.303. The van der Waals surface area contributed by atoms with Crippen LogP contribution in [0.4, 0.5) is 0 Å². The van der Waals surface area contributed by atoms with E-state index in [1.54, 1.807) is 19.2 Å². The van der Waals surface area contributed by atoms with Crippen LogP contribution >= 0.6 is 34.8 Å². The second-order valence-electron chi connectivity index (χ2n) is 4.15. The normalized spacial score (nSPS) is 10.4. The maximum Gasteiger partial charge on any atom is 0.142 e. The predicted octanol–water partition coefficient (Wildman–Crippen LogP) is 5.32. The summed E-state index contributed by atoms with van der Waals surface area (Å²) in [5, 5.41) is 0.996. The van der Waals surface area contributed by atoms with Crippen molar-refractivity contribution in [3.05, 3.63) is 57.6 Å². The van der Waals surface area contributed by atoms with Crippen LogP contribution < -0.4 is 9.47 Å².